The van der Waals surface area contributed by atoms with E-state index in [1.54, 1.807) is 12.3 Å². The Balaban J connectivity index is 1.84. The molecule has 0 saturated heterocycles. The second-order valence-corrected chi connectivity index (χ2v) is 6.99. The Morgan fingerprint density at radius 1 is 1.03 bits per heavy atom. The zero-order valence-electron chi connectivity index (χ0n) is 15.4. The molecule has 2 aromatic carbocycles. The number of benzene rings is 2. The number of rotatable bonds is 2. The standard InChI is InChI=1S/C23H15FN2O3/c1-13-9-10-25-18(11-13)26-20(14-5-3-2-4-6-14)19-21(27)16-12-15(24)7-8-17(16)29-22(19)23(26)28/h2-12,20H,1H3. The number of pyridine rings is 1. The number of hydrogen-bond acceptors (Lipinski definition) is 4. The fourth-order valence-corrected chi connectivity index (χ4v) is 3.78. The number of hydrogen-bond donors (Lipinski definition) is 0. The maximum absolute atomic E-state index is 13.8. The largest absolute Gasteiger partial charge is 0.450 e. The maximum atomic E-state index is 13.8. The van der Waals surface area contributed by atoms with Gasteiger partial charge < -0.3 is 4.42 Å². The van der Waals surface area contributed by atoms with Gasteiger partial charge >= 0.3 is 0 Å². The second kappa shape index (κ2) is 6.38. The number of fused-ring (bicyclic) bond motifs is 2. The van der Waals surface area contributed by atoms with Crippen LogP contribution in [-0.4, -0.2) is 10.9 Å². The quantitative estimate of drug-likeness (QED) is 0.513. The van der Waals surface area contributed by atoms with Gasteiger partial charge in [-0.15, -0.1) is 0 Å². The predicted octanol–water partition coefficient (Wildman–Crippen LogP) is 4.39. The van der Waals surface area contributed by atoms with Gasteiger partial charge in [-0.2, -0.15) is 0 Å². The third-order valence-electron chi connectivity index (χ3n) is 5.10. The summed E-state index contributed by atoms with van der Waals surface area (Å²) in [7, 11) is 0. The Kier molecular flexibility index (Phi) is 3.81. The molecule has 5 nitrogen and oxygen atoms in total. The summed E-state index contributed by atoms with van der Waals surface area (Å²) < 4.78 is 19.6. The van der Waals surface area contributed by atoms with Gasteiger partial charge in [0.25, 0.3) is 5.91 Å². The average Bonchev–Trinajstić information content (AvgIpc) is 3.02. The van der Waals surface area contributed by atoms with Crippen molar-refractivity contribution in [1.82, 2.24) is 4.98 Å². The fourth-order valence-electron chi connectivity index (χ4n) is 3.78. The molecule has 4 aromatic rings. The molecule has 5 rings (SSSR count). The van der Waals surface area contributed by atoms with Gasteiger partial charge in [0.05, 0.1) is 17.0 Å². The lowest BCUT2D eigenvalue weighted by atomic mass is 9.98. The summed E-state index contributed by atoms with van der Waals surface area (Å²) in [6.45, 7) is 1.90. The van der Waals surface area contributed by atoms with Crippen LogP contribution in [0.4, 0.5) is 10.2 Å². The number of carbonyl (C=O) groups excluding carboxylic acids is 1. The van der Waals surface area contributed by atoms with Gasteiger partial charge in [0.2, 0.25) is 5.76 Å². The average molecular weight is 386 g/mol. The summed E-state index contributed by atoms with van der Waals surface area (Å²) in [5.74, 6) is -0.603. The number of aromatic nitrogens is 1. The molecule has 1 atom stereocenters. The van der Waals surface area contributed by atoms with Crippen molar-refractivity contribution in [2.45, 2.75) is 13.0 Å². The molecule has 0 aliphatic carbocycles. The number of halogens is 1. The topological polar surface area (TPSA) is 63.4 Å². The normalized spacial score (nSPS) is 15.7. The summed E-state index contributed by atoms with van der Waals surface area (Å²) in [5, 5.41) is 0.108. The Morgan fingerprint density at radius 3 is 2.59 bits per heavy atom. The van der Waals surface area contributed by atoms with Crippen molar-refractivity contribution in [1.29, 1.82) is 0 Å². The zero-order valence-corrected chi connectivity index (χ0v) is 15.4. The first kappa shape index (κ1) is 17.3. The van der Waals surface area contributed by atoms with Gasteiger partial charge in [-0.1, -0.05) is 30.3 Å². The zero-order chi connectivity index (χ0) is 20.1. The van der Waals surface area contributed by atoms with Crippen molar-refractivity contribution in [3.05, 3.63) is 105 Å². The molecule has 0 bridgehead atoms. The van der Waals surface area contributed by atoms with Crippen LogP contribution in [0.2, 0.25) is 0 Å². The summed E-state index contributed by atoms with van der Waals surface area (Å²) in [4.78, 5) is 32.5. The van der Waals surface area contributed by atoms with E-state index < -0.39 is 23.2 Å². The Hall–Kier alpha value is -3.80. The highest BCUT2D eigenvalue weighted by atomic mass is 19.1. The number of amides is 1. The van der Waals surface area contributed by atoms with Crippen molar-refractivity contribution in [2.24, 2.45) is 0 Å². The minimum atomic E-state index is -0.711. The number of anilines is 1. The molecule has 0 fully saturated rings. The predicted molar refractivity (Wildman–Crippen MR) is 107 cm³/mol. The Morgan fingerprint density at radius 2 is 1.83 bits per heavy atom. The van der Waals surface area contributed by atoms with E-state index in [1.165, 1.54) is 17.0 Å². The van der Waals surface area contributed by atoms with Crippen molar-refractivity contribution in [3.63, 3.8) is 0 Å². The summed E-state index contributed by atoms with van der Waals surface area (Å²) >= 11 is 0. The third kappa shape index (κ3) is 2.64. The summed E-state index contributed by atoms with van der Waals surface area (Å²) in [5.41, 5.74) is 1.62. The van der Waals surface area contributed by atoms with Crippen molar-refractivity contribution in [2.75, 3.05) is 4.90 Å². The van der Waals surface area contributed by atoms with Gasteiger partial charge in [0.15, 0.2) is 5.43 Å². The monoisotopic (exact) mass is 386 g/mol. The molecule has 1 unspecified atom stereocenters. The lowest BCUT2D eigenvalue weighted by Crippen LogP contribution is -2.30. The molecule has 29 heavy (non-hydrogen) atoms. The number of carbonyl (C=O) groups is 1. The molecule has 0 radical (unpaired) electrons. The molecule has 6 heteroatoms. The van der Waals surface area contributed by atoms with Crippen LogP contribution >= 0.6 is 0 Å². The molecule has 142 valence electrons. The highest BCUT2D eigenvalue weighted by Crippen LogP contribution is 2.40. The highest BCUT2D eigenvalue weighted by molar-refractivity contribution is 6.10. The van der Waals surface area contributed by atoms with Gasteiger partial charge in [-0.25, -0.2) is 9.37 Å². The molecule has 2 aromatic heterocycles. The number of aryl methyl sites for hydroxylation is 1. The smallest absolute Gasteiger partial charge is 0.296 e. The first-order chi connectivity index (χ1) is 14.0. The van der Waals surface area contributed by atoms with E-state index in [0.717, 1.165) is 17.2 Å². The Bertz CT molecular complexity index is 1330. The molecule has 1 aliphatic rings. The van der Waals surface area contributed by atoms with Crippen LogP contribution in [0.5, 0.6) is 0 Å². The summed E-state index contributed by atoms with van der Waals surface area (Å²) in [6.07, 6.45) is 1.62. The first-order valence-corrected chi connectivity index (χ1v) is 9.12. The SMILES string of the molecule is Cc1ccnc(N2C(=O)c3oc4ccc(F)cc4c(=O)c3C2c2ccccc2)c1. The van der Waals surface area contributed by atoms with E-state index in [2.05, 4.69) is 4.98 Å². The van der Waals surface area contributed by atoms with Gasteiger partial charge in [-0.3, -0.25) is 14.5 Å². The minimum Gasteiger partial charge on any atom is -0.450 e. The molecular formula is C23H15FN2O3. The maximum Gasteiger partial charge on any atom is 0.296 e. The molecule has 3 heterocycles. The molecule has 0 spiro atoms. The molecular weight excluding hydrogens is 371 g/mol. The van der Waals surface area contributed by atoms with Crippen LogP contribution in [0.3, 0.4) is 0 Å². The van der Waals surface area contributed by atoms with E-state index in [0.29, 0.717) is 5.82 Å². The van der Waals surface area contributed by atoms with Crippen molar-refractivity contribution < 1.29 is 13.6 Å². The van der Waals surface area contributed by atoms with Crippen molar-refractivity contribution in [3.8, 4) is 0 Å². The highest BCUT2D eigenvalue weighted by Gasteiger charge is 2.44. The molecule has 1 aliphatic heterocycles. The Labute approximate surface area is 165 Å². The van der Waals surface area contributed by atoms with Crippen LogP contribution in [0, 0.1) is 12.7 Å². The van der Waals surface area contributed by atoms with E-state index in [4.69, 9.17) is 4.42 Å². The summed E-state index contributed by atoms with van der Waals surface area (Å²) in [6, 6.07) is 15.8. The van der Waals surface area contributed by atoms with E-state index in [-0.39, 0.29) is 22.3 Å². The second-order valence-electron chi connectivity index (χ2n) is 6.99. The van der Waals surface area contributed by atoms with Crippen LogP contribution in [0.1, 0.15) is 33.3 Å². The molecule has 0 saturated carbocycles. The van der Waals surface area contributed by atoms with Crippen molar-refractivity contribution >= 4 is 22.7 Å². The van der Waals surface area contributed by atoms with Crippen LogP contribution in [-0.2, 0) is 0 Å². The van der Waals surface area contributed by atoms with Crippen LogP contribution in [0.15, 0.2) is 76.1 Å². The van der Waals surface area contributed by atoms with E-state index in [1.807, 2.05) is 43.3 Å². The third-order valence-corrected chi connectivity index (χ3v) is 5.10. The minimum absolute atomic E-state index is 0.0359. The first-order valence-electron chi connectivity index (χ1n) is 9.12. The lowest BCUT2D eigenvalue weighted by Gasteiger charge is -2.24. The fraction of sp³-hybridized carbons (Fsp3) is 0.0870. The number of nitrogens with zero attached hydrogens (tertiary/aromatic N) is 2. The van der Waals surface area contributed by atoms with Crippen LogP contribution in [0.25, 0.3) is 11.0 Å². The van der Waals surface area contributed by atoms with Gasteiger partial charge in [0, 0.05) is 6.20 Å². The van der Waals surface area contributed by atoms with E-state index in [9.17, 15) is 14.0 Å². The van der Waals surface area contributed by atoms with Gasteiger partial charge in [-0.05, 0) is 48.4 Å². The van der Waals surface area contributed by atoms with Crippen LogP contribution < -0.4 is 10.3 Å². The van der Waals surface area contributed by atoms with E-state index >= 15 is 0 Å². The van der Waals surface area contributed by atoms with Gasteiger partial charge in [0.1, 0.15) is 17.2 Å². The molecule has 1 amide bonds. The lowest BCUT2D eigenvalue weighted by molar-refractivity contribution is 0.0970. The molecule has 0 N–H and O–H groups in total.